The number of fused-ring (bicyclic) bond motifs is 1. The lowest BCUT2D eigenvalue weighted by Gasteiger charge is -2.19. The number of hydrogen-bond donors (Lipinski definition) is 2. The average molecular weight is 502 g/mol. The number of nitrogens with one attached hydrogen (secondary N) is 1. The van der Waals surface area contributed by atoms with Gasteiger partial charge in [-0.2, -0.15) is 5.21 Å². The summed E-state index contributed by atoms with van der Waals surface area (Å²) in [4.78, 5) is 4.95. The number of nitrogens with zero attached hydrogens (tertiary/aromatic N) is 4. The summed E-state index contributed by atoms with van der Waals surface area (Å²) in [5, 5.41) is 24.5. The van der Waals surface area contributed by atoms with E-state index in [1.807, 2.05) is 30.3 Å². The van der Waals surface area contributed by atoms with Crippen molar-refractivity contribution in [1.82, 2.24) is 25.6 Å². The maximum atomic E-state index is 9.59. The summed E-state index contributed by atoms with van der Waals surface area (Å²) in [6.07, 6.45) is 6.21. The number of tetrazole rings is 1. The van der Waals surface area contributed by atoms with Crippen LogP contribution in [0, 0.1) is 0 Å². The van der Waals surface area contributed by atoms with E-state index in [4.69, 9.17) is 23.9 Å². The first-order chi connectivity index (χ1) is 18.2. The number of aromatic amines is 1. The van der Waals surface area contributed by atoms with Crippen molar-refractivity contribution in [2.24, 2.45) is 0 Å². The third kappa shape index (κ3) is 5.10. The number of aryl methyl sites for hydroxylation is 1. The largest absolute Gasteiger partial charge is 0.497 e. The van der Waals surface area contributed by atoms with E-state index in [1.54, 1.807) is 31.4 Å². The first-order valence-electron chi connectivity index (χ1n) is 12.0. The fourth-order valence-electron chi connectivity index (χ4n) is 4.17. The molecule has 0 unspecified atom stereocenters. The van der Waals surface area contributed by atoms with Crippen LogP contribution in [0.4, 0.5) is 0 Å². The van der Waals surface area contributed by atoms with Crippen LogP contribution in [0.3, 0.4) is 0 Å². The van der Waals surface area contributed by atoms with Gasteiger partial charge in [-0.25, -0.2) is 4.98 Å². The van der Waals surface area contributed by atoms with Gasteiger partial charge in [0.1, 0.15) is 11.5 Å². The summed E-state index contributed by atoms with van der Waals surface area (Å²) in [6, 6.07) is 13.1. The quantitative estimate of drug-likeness (QED) is 0.315. The van der Waals surface area contributed by atoms with Gasteiger partial charge in [0, 0.05) is 17.2 Å². The molecule has 3 heterocycles. The van der Waals surface area contributed by atoms with E-state index in [0.717, 1.165) is 47.4 Å². The van der Waals surface area contributed by atoms with E-state index < -0.39 is 0 Å². The molecule has 0 atom stereocenters. The number of aromatic nitrogens is 5. The molecule has 2 aromatic carbocycles. The van der Waals surface area contributed by atoms with Crippen molar-refractivity contribution >= 4 is 6.08 Å². The Labute approximate surface area is 213 Å². The average Bonchev–Trinajstić information content (AvgIpc) is 3.63. The van der Waals surface area contributed by atoms with Gasteiger partial charge in [-0.1, -0.05) is 37.6 Å². The summed E-state index contributed by atoms with van der Waals surface area (Å²) >= 11 is 0. The number of benzene rings is 2. The van der Waals surface area contributed by atoms with E-state index in [1.165, 1.54) is 0 Å². The van der Waals surface area contributed by atoms with Gasteiger partial charge in [0.05, 0.1) is 25.0 Å². The van der Waals surface area contributed by atoms with Gasteiger partial charge in [0.25, 0.3) is 0 Å². The Bertz CT molecular complexity index is 1390. The van der Waals surface area contributed by atoms with Crippen LogP contribution in [0.5, 0.6) is 28.9 Å². The van der Waals surface area contributed by atoms with Gasteiger partial charge >= 0.3 is 0 Å². The molecule has 5 rings (SSSR count). The predicted molar refractivity (Wildman–Crippen MR) is 137 cm³/mol. The van der Waals surface area contributed by atoms with E-state index in [2.05, 4.69) is 27.5 Å². The first-order valence-corrected chi connectivity index (χ1v) is 12.0. The van der Waals surface area contributed by atoms with Crippen molar-refractivity contribution in [3.05, 3.63) is 59.8 Å². The highest BCUT2D eigenvalue weighted by Gasteiger charge is 2.26. The highest BCUT2D eigenvalue weighted by Crippen LogP contribution is 2.44. The minimum Gasteiger partial charge on any atom is -0.497 e. The normalized spacial score (nSPS) is 12.3. The molecular formula is C27H27N5O5. The number of aliphatic hydroxyl groups is 1. The molecule has 10 heteroatoms. The van der Waals surface area contributed by atoms with Crippen molar-refractivity contribution in [2.75, 3.05) is 20.5 Å². The molecule has 37 heavy (non-hydrogen) atoms. The Morgan fingerprint density at radius 1 is 1.05 bits per heavy atom. The molecule has 0 aliphatic carbocycles. The lowest BCUT2D eigenvalue weighted by Crippen LogP contribution is -2.05. The second-order valence-corrected chi connectivity index (χ2v) is 8.30. The summed E-state index contributed by atoms with van der Waals surface area (Å²) < 4.78 is 22.7. The zero-order valence-corrected chi connectivity index (χ0v) is 20.6. The molecule has 1 aliphatic rings. The maximum Gasteiger partial charge on any atom is 0.231 e. The summed E-state index contributed by atoms with van der Waals surface area (Å²) in [6.45, 7) is 2.19. The molecule has 0 saturated heterocycles. The van der Waals surface area contributed by atoms with E-state index in [9.17, 15) is 5.11 Å². The highest BCUT2D eigenvalue weighted by atomic mass is 16.7. The second-order valence-electron chi connectivity index (χ2n) is 8.30. The third-order valence-corrected chi connectivity index (χ3v) is 5.94. The molecule has 1 aliphatic heterocycles. The molecule has 0 saturated carbocycles. The molecular weight excluding hydrogens is 474 g/mol. The van der Waals surface area contributed by atoms with Crippen LogP contribution in [0.2, 0.25) is 0 Å². The second kappa shape index (κ2) is 11.1. The Morgan fingerprint density at radius 2 is 1.86 bits per heavy atom. The topological polar surface area (TPSA) is 125 Å². The molecule has 0 spiro atoms. The highest BCUT2D eigenvalue weighted by molar-refractivity contribution is 5.91. The molecule has 0 radical (unpaired) electrons. The van der Waals surface area contributed by atoms with Crippen molar-refractivity contribution < 1.29 is 24.1 Å². The van der Waals surface area contributed by atoms with E-state index in [0.29, 0.717) is 34.5 Å². The molecule has 2 aromatic heterocycles. The van der Waals surface area contributed by atoms with Crippen LogP contribution in [0.1, 0.15) is 31.0 Å². The lowest BCUT2D eigenvalue weighted by molar-refractivity contribution is 0.174. The van der Waals surface area contributed by atoms with Crippen molar-refractivity contribution in [3.8, 4) is 51.4 Å². The molecule has 190 valence electrons. The van der Waals surface area contributed by atoms with Crippen LogP contribution in [-0.4, -0.2) is 51.2 Å². The smallest absolute Gasteiger partial charge is 0.231 e. The van der Waals surface area contributed by atoms with Gasteiger partial charge in [-0.15, -0.1) is 10.2 Å². The van der Waals surface area contributed by atoms with Gasteiger partial charge in [0.15, 0.2) is 11.5 Å². The Hall–Kier alpha value is -4.44. The molecule has 4 aromatic rings. The van der Waals surface area contributed by atoms with Gasteiger partial charge < -0.3 is 24.1 Å². The number of hydrogen-bond acceptors (Lipinski definition) is 9. The number of unbranched alkanes of at least 4 members (excludes halogenated alkanes) is 1. The molecule has 0 fully saturated rings. The summed E-state index contributed by atoms with van der Waals surface area (Å²) in [7, 11) is 1.63. The predicted octanol–water partition coefficient (Wildman–Crippen LogP) is 4.81. The lowest BCUT2D eigenvalue weighted by atomic mass is 9.91. The standard InChI is InChI=1S/C27H27N5O5/c1-3-4-7-21-20(6-5-14-33)24(17-8-10-18(34-2)11-9-17)25(26-29-31-32-30-26)27(28-21)37-19-12-13-22-23(15-19)36-16-35-22/h5-6,8-13,15,33H,3-4,7,14,16H2,1-2H3,(H,29,30,31,32). The van der Waals surface area contributed by atoms with Crippen LogP contribution in [0.15, 0.2) is 48.5 Å². The number of H-pyrrole nitrogens is 1. The number of pyridine rings is 1. The van der Waals surface area contributed by atoms with Crippen LogP contribution < -0.4 is 18.9 Å². The van der Waals surface area contributed by atoms with Crippen molar-refractivity contribution in [2.45, 2.75) is 26.2 Å². The fraction of sp³-hybridized carbons (Fsp3) is 0.259. The number of rotatable bonds is 10. The first kappa shape index (κ1) is 24.3. The van der Waals surface area contributed by atoms with Crippen LogP contribution in [0.25, 0.3) is 28.6 Å². The zero-order valence-electron chi connectivity index (χ0n) is 20.6. The number of aliphatic hydroxyl groups excluding tert-OH is 1. The summed E-state index contributed by atoms with van der Waals surface area (Å²) in [5.74, 6) is 3.18. The van der Waals surface area contributed by atoms with Gasteiger partial charge in [-0.05, 0) is 47.9 Å². The third-order valence-electron chi connectivity index (χ3n) is 5.94. The minimum atomic E-state index is -0.109. The Morgan fingerprint density at radius 3 is 2.59 bits per heavy atom. The Kier molecular flexibility index (Phi) is 7.27. The van der Waals surface area contributed by atoms with Crippen molar-refractivity contribution in [3.63, 3.8) is 0 Å². The summed E-state index contributed by atoms with van der Waals surface area (Å²) in [5.41, 5.74) is 3.94. The fourth-order valence-corrected chi connectivity index (χ4v) is 4.17. The van der Waals surface area contributed by atoms with E-state index >= 15 is 0 Å². The molecule has 0 amide bonds. The SMILES string of the molecule is CCCCc1nc(Oc2ccc3c(c2)OCO3)c(-c2nn[nH]n2)c(-c2ccc(OC)cc2)c1C=CCO. The van der Waals surface area contributed by atoms with Gasteiger partial charge in [-0.3, -0.25) is 0 Å². The van der Waals surface area contributed by atoms with Crippen LogP contribution >= 0.6 is 0 Å². The maximum absolute atomic E-state index is 9.59. The number of methoxy groups -OCH3 is 1. The Balaban J connectivity index is 1.76. The van der Waals surface area contributed by atoms with Crippen molar-refractivity contribution in [1.29, 1.82) is 0 Å². The molecule has 2 N–H and O–H groups in total. The van der Waals surface area contributed by atoms with Crippen LogP contribution in [-0.2, 0) is 6.42 Å². The minimum absolute atomic E-state index is 0.109. The monoisotopic (exact) mass is 501 g/mol. The number of ether oxygens (including phenoxy) is 4. The molecule has 10 nitrogen and oxygen atoms in total. The zero-order chi connectivity index (χ0) is 25.6. The van der Waals surface area contributed by atoms with Gasteiger partial charge in [0.2, 0.25) is 18.5 Å². The van der Waals surface area contributed by atoms with E-state index in [-0.39, 0.29) is 13.4 Å². The molecule has 0 bridgehead atoms.